The lowest BCUT2D eigenvalue weighted by molar-refractivity contribution is 0.0939. The lowest BCUT2D eigenvalue weighted by Gasteiger charge is -2.19. The molecule has 0 aliphatic heterocycles. The van der Waals surface area contributed by atoms with Gasteiger partial charge in [0.1, 0.15) is 28.4 Å². The second-order valence-corrected chi connectivity index (χ2v) is 9.64. The van der Waals surface area contributed by atoms with Gasteiger partial charge in [-0.2, -0.15) is 5.10 Å². The highest BCUT2D eigenvalue weighted by Gasteiger charge is 2.24. The first-order valence-electron chi connectivity index (χ1n) is 11.9. The molecule has 0 radical (unpaired) electrons. The number of aromatic nitrogens is 7. The van der Waals surface area contributed by atoms with Crippen molar-refractivity contribution in [2.45, 2.75) is 13.0 Å². The Morgan fingerprint density at radius 1 is 1.18 bits per heavy atom. The molecule has 0 fully saturated rings. The number of nitrogen functional groups attached to an aromatic ring is 1. The monoisotopic (exact) mass is 535 g/mol. The van der Waals surface area contributed by atoms with Crippen molar-refractivity contribution in [3.05, 3.63) is 99.7 Å². The first-order valence-corrected chi connectivity index (χ1v) is 12.8. The summed E-state index contributed by atoms with van der Waals surface area (Å²) in [5.74, 6) is 6.09. The van der Waals surface area contributed by atoms with Gasteiger partial charge in [-0.3, -0.25) is 23.2 Å². The van der Waals surface area contributed by atoms with Crippen LogP contribution in [-0.4, -0.2) is 39.6 Å². The van der Waals surface area contributed by atoms with Gasteiger partial charge in [-0.05, 0) is 19.1 Å². The summed E-state index contributed by atoms with van der Waals surface area (Å²) in [6.07, 6.45) is 8.19. The number of carbonyl (C=O) groups excluding carboxylic acids is 1. The molecule has 0 aliphatic rings. The predicted octanol–water partition coefficient (Wildman–Crippen LogP) is 2.70. The van der Waals surface area contributed by atoms with Crippen molar-refractivity contribution in [2.24, 2.45) is 7.05 Å². The molecule has 0 saturated heterocycles. The molecule has 5 heterocycles. The van der Waals surface area contributed by atoms with Crippen LogP contribution in [0, 0.1) is 11.8 Å². The van der Waals surface area contributed by atoms with Crippen LogP contribution < -0.4 is 16.6 Å². The zero-order chi connectivity index (χ0) is 27.1. The molecular weight excluding hydrogens is 514 g/mol. The minimum absolute atomic E-state index is 0.0531. The molecule has 0 spiro atoms. The van der Waals surface area contributed by atoms with Gasteiger partial charge in [-0.15, -0.1) is 11.3 Å². The number of hydrogen-bond donors (Lipinski definition) is 2. The number of anilines is 1. The van der Waals surface area contributed by atoms with Gasteiger partial charge >= 0.3 is 0 Å². The van der Waals surface area contributed by atoms with Crippen LogP contribution in [0.25, 0.3) is 21.6 Å². The molecule has 1 atom stereocenters. The molecule has 6 rings (SSSR count). The highest BCUT2D eigenvalue weighted by molar-refractivity contribution is 7.17. The van der Waals surface area contributed by atoms with E-state index in [1.807, 2.05) is 42.8 Å². The lowest BCUT2D eigenvalue weighted by atomic mass is 10.2. The van der Waals surface area contributed by atoms with E-state index in [1.165, 1.54) is 22.2 Å². The number of nitrogens with one attached hydrogen (secondary N) is 1. The van der Waals surface area contributed by atoms with Crippen molar-refractivity contribution in [2.75, 3.05) is 5.73 Å². The molecule has 6 aromatic rings. The summed E-state index contributed by atoms with van der Waals surface area (Å²) in [5, 5.41) is 9.29. The molecule has 5 aromatic heterocycles. The standard InChI is InChI=1S/C27H21N9O2S/c1-16(32-25(37)21-22(28)30-15-35-11-10-29-24(21)35)23-33-26-20(27(38)36(23)19-6-4-3-5-7-19)18(14-39-26)9-8-17-12-31-34(2)13-17/h3-7,10-16H,28H2,1-2H3,(H,32,37)/t16-/m0/s1. The largest absolute Gasteiger partial charge is 0.383 e. The molecule has 39 heavy (non-hydrogen) atoms. The molecule has 12 heteroatoms. The van der Waals surface area contributed by atoms with Crippen molar-refractivity contribution < 1.29 is 4.79 Å². The SMILES string of the molecule is C[C@H](NC(=O)c1c(N)ncn2ccnc12)c1nc2scc(C#Cc3cnn(C)c3)c2c(=O)n1-c1ccccc1. The number of imidazole rings is 1. The number of rotatable bonds is 4. The highest BCUT2D eigenvalue weighted by Crippen LogP contribution is 2.25. The maximum absolute atomic E-state index is 14.0. The summed E-state index contributed by atoms with van der Waals surface area (Å²) in [4.78, 5) is 41.0. The van der Waals surface area contributed by atoms with E-state index in [0.717, 1.165) is 5.56 Å². The fourth-order valence-electron chi connectivity index (χ4n) is 4.30. The van der Waals surface area contributed by atoms with Gasteiger partial charge in [-0.1, -0.05) is 30.0 Å². The minimum Gasteiger partial charge on any atom is -0.383 e. The smallest absolute Gasteiger partial charge is 0.268 e. The maximum Gasteiger partial charge on any atom is 0.268 e. The van der Waals surface area contributed by atoms with Crippen LogP contribution >= 0.6 is 11.3 Å². The Morgan fingerprint density at radius 3 is 2.77 bits per heavy atom. The summed E-state index contributed by atoms with van der Waals surface area (Å²) in [7, 11) is 1.82. The molecule has 0 saturated carbocycles. The Balaban J connectivity index is 1.46. The normalized spacial score (nSPS) is 11.8. The Morgan fingerprint density at radius 2 is 2.00 bits per heavy atom. The minimum atomic E-state index is -0.670. The second kappa shape index (κ2) is 9.55. The number of benzene rings is 1. The molecule has 3 N–H and O–H groups in total. The van der Waals surface area contributed by atoms with Crippen LogP contribution in [-0.2, 0) is 7.05 Å². The third-order valence-corrected chi connectivity index (χ3v) is 7.00. The van der Waals surface area contributed by atoms with Crippen molar-refractivity contribution in [1.82, 2.24) is 39.0 Å². The molecule has 0 aliphatic carbocycles. The quantitative estimate of drug-likeness (QED) is 0.331. The summed E-state index contributed by atoms with van der Waals surface area (Å²) in [6.45, 7) is 1.76. The first-order chi connectivity index (χ1) is 18.9. The summed E-state index contributed by atoms with van der Waals surface area (Å²) in [6, 6.07) is 8.49. The van der Waals surface area contributed by atoms with E-state index < -0.39 is 11.9 Å². The van der Waals surface area contributed by atoms with E-state index in [0.29, 0.717) is 32.9 Å². The average molecular weight is 536 g/mol. The van der Waals surface area contributed by atoms with E-state index in [1.54, 1.807) is 40.8 Å². The van der Waals surface area contributed by atoms with Gasteiger partial charge in [0.05, 0.1) is 34.4 Å². The maximum atomic E-state index is 14.0. The van der Waals surface area contributed by atoms with Gasteiger partial charge in [0.25, 0.3) is 11.5 Å². The Bertz CT molecular complexity index is 1990. The first kappa shape index (κ1) is 24.1. The van der Waals surface area contributed by atoms with Gasteiger partial charge in [0.15, 0.2) is 5.65 Å². The molecule has 1 amide bonds. The predicted molar refractivity (Wildman–Crippen MR) is 148 cm³/mol. The molecule has 0 bridgehead atoms. The number of para-hydroxylation sites is 1. The number of nitrogens with two attached hydrogens (primary N) is 1. The summed E-state index contributed by atoms with van der Waals surface area (Å²) < 4.78 is 4.78. The van der Waals surface area contributed by atoms with Crippen LogP contribution in [0.2, 0.25) is 0 Å². The Labute approximate surface area is 225 Å². The molecule has 1 aromatic carbocycles. The van der Waals surface area contributed by atoms with Crippen LogP contribution in [0.1, 0.15) is 40.3 Å². The van der Waals surface area contributed by atoms with E-state index >= 15 is 0 Å². The third-order valence-electron chi connectivity index (χ3n) is 6.13. The average Bonchev–Trinajstić information content (AvgIpc) is 3.67. The van der Waals surface area contributed by atoms with E-state index in [9.17, 15) is 9.59 Å². The fraction of sp³-hybridized carbons (Fsp3) is 0.111. The topological polar surface area (TPSA) is 138 Å². The highest BCUT2D eigenvalue weighted by atomic mass is 32.1. The zero-order valence-electron chi connectivity index (χ0n) is 20.9. The number of amides is 1. The van der Waals surface area contributed by atoms with Crippen LogP contribution in [0.3, 0.4) is 0 Å². The number of carbonyl (C=O) groups is 1. The van der Waals surface area contributed by atoms with Crippen LogP contribution in [0.15, 0.2) is 71.6 Å². The zero-order valence-corrected chi connectivity index (χ0v) is 21.7. The number of aryl methyl sites for hydroxylation is 1. The summed E-state index contributed by atoms with van der Waals surface area (Å²) in [5.41, 5.74) is 8.22. The second-order valence-electron chi connectivity index (χ2n) is 8.79. The van der Waals surface area contributed by atoms with Gasteiger partial charge in [0.2, 0.25) is 0 Å². The van der Waals surface area contributed by atoms with Crippen molar-refractivity contribution in [1.29, 1.82) is 0 Å². The van der Waals surface area contributed by atoms with Crippen molar-refractivity contribution in [3.8, 4) is 17.5 Å². The fourth-order valence-corrected chi connectivity index (χ4v) is 5.16. The van der Waals surface area contributed by atoms with E-state index in [2.05, 4.69) is 32.2 Å². The Hall–Kier alpha value is -5.28. The molecule has 11 nitrogen and oxygen atoms in total. The summed E-state index contributed by atoms with van der Waals surface area (Å²) >= 11 is 1.32. The number of hydrogen-bond acceptors (Lipinski definition) is 8. The number of thiophene rings is 1. The van der Waals surface area contributed by atoms with Crippen molar-refractivity contribution >= 4 is 38.9 Å². The van der Waals surface area contributed by atoms with E-state index in [4.69, 9.17) is 10.7 Å². The Kier molecular flexibility index (Phi) is 5.90. The molecular formula is C27H21N9O2S. The molecule has 0 unspecified atom stereocenters. The van der Waals surface area contributed by atoms with Gasteiger partial charge in [-0.25, -0.2) is 15.0 Å². The lowest BCUT2D eigenvalue weighted by Crippen LogP contribution is -2.33. The van der Waals surface area contributed by atoms with Crippen LogP contribution in [0.4, 0.5) is 5.82 Å². The molecule has 192 valence electrons. The van der Waals surface area contributed by atoms with Crippen molar-refractivity contribution in [3.63, 3.8) is 0 Å². The number of fused-ring (bicyclic) bond motifs is 2. The third kappa shape index (κ3) is 4.30. The van der Waals surface area contributed by atoms with Crippen LogP contribution in [0.5, 0.6) is 0 Å². The van der Waals surface area contributed by atoms with E-state index in [-0.39, 0.29) is 16.9 Å². The van der Waals surface area contributed by atoms with Gasteiger partial charge in [0, 0.05) is 31.0 Å². The number of nitrogens with zero attached hydrogens (tertiary/aromatic N) is 7. The van der Waals surface area contributed by atoms with Gasteiger partial charge < -0.3 is 11.1 Å².